The third kappa shape index (κ3) is 6.46. The molecule has 2 unspecified atom stereocenters. The number of hydrogen-bond acceptors (Lipinski definition) is 9. The Labute approximate surface area is 308 Å². The summed E-state index contributed by atoms with van der Waals surface area (Å²) in [6, 6.07) is 6.88. The SMILES string of the molecule is CCc1c(F)ccc2cc(O)cc(-c3c(SC(F)(F)F)cc4c(N5CC6CCC(C5)N6)nc(OCC5(CN6CCOCC67CCC7)CC5)nc4c3F)c12. The molecule has 5 fully saturated rings. The second kappa shape index (κ2) is 13.1. The molecular formula is C39H42F5N5O3S. The van der Waals surface area contributed by atoms with Gasteiger partial charge in [0.2, 0.25) is 0 Å². The summed E-state index contributed by atoms with van der Waals surface area (Å²) in [5.41, 5.74) is -5.23. The number of thioether (sulfide) groups is 1. The van der Waals surface area contributed by atoms with Crippen molar-refractivity contribution < 1.29 is 36.5 Å². The zero-order valence-electron chi connectivity index (χ0n) is 29.5. The number of fused-ring (bicyclic) bond motifs is 4. The number of ether oxygens (including phenoxy) is 2. The van der Waals surface area contributed by atoms with Crippen LogP contribution in [0.2, 0.25) is 0 Å². The predicted octanol–water partition coefficient (Wildman–Crippen LogP) is 7.96. The summed E-state index contributed by atoms with van der Waals surface area (Å²) in [5.74, 6) is -1.54. The van der Waals surface area contributed by atoms with Crippen LogP contribution in [0.3, 0.4) is 0 Å². The van der Waals surface area contributed by atoms with Crippen LogP contribution in [0.25, 0.3) is 32.8 Å². The molecule has 3 saturated heterocycles. The third-order valence-corrected chi connectivity index (χ3v) is 13.0. The van der Waals surface area contributed by atoms with Crippen molar-refractivity contribution in [3.05, 3.63) is 47.5 Å². The zero-order valence-corrected chi connectivity index (χ0v) is 30.3. The molecule has 53 heavy (non-hydrogen) atoms. The molecule has 4 aromatic rings. The Bertz CT molecular complexity index is 2080. The number of hydrogen-bond donors (Lipinski definition) is 2. The maximum Gasteiger partial charge on any atom is 0.446 e. The number of alkyl halides is 3. The maximum atomic E-state index is 17.5. The number of piperazine rings is 1. The molecule has 5 aliphatic rings. The van der Waals surface area contributed by atoms with Crippen molar-refractivity contribution in [1.82, 2.24) is 20.2 Å². The molecule has 0 amide bonds. The first-order valence-corrected chi connectivity index (χ1v) is 19.5. The molecule has 2 bridgehead atoms. The number of nitrogens with one attached hydrogen (secondary N) is 1. The minimum Gasteiger partial charge on any atom is -0.508 e. The molecule has 0 radical (unpaired) electrons. The van der Waals surface area contributed by atoms with Crippen LogP contribution in [0.5, 0.6) is 11.8 Å². The fourth-order valence-corrected chi connectivity index (χ4v) is 9.87. The summed E-state index contributed by atoms with van der Waals surface area (Å²) >= 11 is -0.446. The maximum absolute atomic E-state index is 17.5. The van der Waals surface area contributed by atoms with Crippen molar-refractivity contribution in [3.8, 4) is 22.9 Å². The van der Waals surface area contributed by atoms with Gasteiger partial charge in [-0.15, -0.1) is 0 Å². The van der Waals surface area contributed by atoms with E-state index in [9.17, 15) is 18.3 Å². The first-order valence-electron chi connectivity index (χ1n) is 18.6. The van der Waals surface area contributed by atoms with E-state index in [2.05, 4.69) is 15.2 Å². The second-order valence-electron chi connectivity index (χ2n) is 15.7. The van der Waals surface area contributed by atoms with Crippen LogP contribution in [0, 0.1) is 17.0 Å². The fraction of sp³-hybridized carbons (Fsp3) is 0.538. The second-order valence-corrected chi connectivity index (χ2v) is 16.8. The Kier molecular flexibility index (Phi) is 8.71. The number of phenols is 1. The normalized spacial score (nSPS) is 23.5. The van der Waals surface area contributed by atoms with Gasteiger partial charge in [0, 0.05) is 65.1 Å². The number of nitrogens with zero attached hydrogens (tertiary/aromatic N) is 4. The molecule has 2 aliphatic carbocycles. The van der Waals surface area contributed by atoms with Crippen LogP contribution in [0.4, 0.5) is 27.8 Å². The predicted molar refractivity (Wildman–Crippen MR) is 194 cm³/mol. The number of benzene rings is 3. The number of phenolic OH excluding ortho intramolecular Hbond substituents is 1. The Morgan fingerprint density at radius 2 is 1.83 bits per heavy atom. The molecule has 4 heterocycles. The molecule has 9 rings (SSSR count). The minimum atomic E-state index is -4.78. The quantitative estimate of drug-likeness (QED) is 0.131. The van der Waals surface area contributed by atoms with Gasteiger partial charge in [-0.25, -0.2) is 8.78 Å². The van der Waals surface area contributed by atoms with E-state index in [-0.39, 0.29) is 68.6 Å². The highest BCUT2D eigenvalue weighted by Gasteiger charge is 2.52. The van der Waals surface area contributed by atoms with Gasteiger partial charge < -0.3 is 24.8 Å². The molecule has 3 aliphatic heterocycles. The van der Waals surface area contributed by atoms with Crippen molar-refractivity contribution in [3.63, 3.8) is 0 Å². The Balaban J connectivity index is 1.18. The smallest absolute Gasteiger partial charge is 0.446 e. The lowest BCUT2D eigenvalue weighted by Gasteiger charge is -2.53. The van der Waals surface area contributed by atoms with E-state index in [0.717, 1.165) is 58.2 Å². The van der Waals surface area contributed by atoms with Crippen LogP contribution in [-0.2, 0) is 11.2 Å². The van der Waals surface area contributed by atoms with Crippen LogP contribution in [-0.4, -0.2) is 89.1 Å². The van der Waals surface area contributed by atoms with E-state index < -0.39 is 39.4 Å². The van der Waals surface area contributed by atoms with E-state index in [1.165, 1.54) is 36.8 Å². The van der Waals surface area contributed by atoms with Crippen LogP contribution in [0.1, 0.15) is 57.4 Å². The van der Waals surface area contributed by atoms with E-state index in [4.69, 9.17) is 14.5 Å². The van der Waals surface area contributed by atoms with Crippen LogP contribution >= 0.6 is 11.8 Å². The van der Waals surface area contributed by atoms with Gasteiger partial charge in [0.15, 0.2) is 5.82 Å². The Morgan fingerprint density at radius 1 is 1.06 bits per heavy atom. The van der Waals surface area contributed by atoms with Gasteiger partial charge in [-0.1, -0.05) is 13.0 Å². The average molecular weight is 756 g/mol. The number of aromatic hydroxyl groups is 1. The monoisotopic (exact) mass is 755 g/mol. The van der Waals surface area contributed by atoms with Crippen molar-refractivity contribution in [2.75, 3.05) is 50.9 Å². The summed E-state index contributed by atoms with van der Waals surface area (Å²) < 4.78 is 87.9. The van der Waals surface area contributed by atoms with Gasteiger partial charge in [-0.2, -0.15) is 23.1 Å². The van der Waals surface area contributed by atoms with Crippen LogP contribution in [0.15, 0.2) is 35.2 Å². The van der Waals surface area contributed by atoms with E-state index in [1.807, 2.05) is 4.90 Å². The molecule has 8 nitrogen and oxygen atoms in total. The molecule has 2 N–H and O–H groups in total. The zero-order chi connectivity index (χ0) is 36.7. The van der Waals surface area contributed by atoms with Gasteiger partial charge >= 0.3 is 11.5 Å². The Morgan fingerprint density at radius 3 is 2.51 bits per heavy atom. The number of rotatable bonds is 9. The molecule has 1 aromatic heterocycles. The number of anilines is 1. The summed E-state index contributed by atoms with van der Waals surface area (Å²) in [6.45, 7) is 6.30. The molecule has 2 saturated carbocycles. The van der Waals surface area contributed by atoms with Gasteiger partial charge in [0.1, 0.15) is 22.9 Å². The summed E-state index contributed by atoms with van der Waals surface area (Å²) in [5, 5.41) is 15.1. The van der Waals surface area contributed by atoms with Crippen molar-refractivity contribution >= 4 is 39.3 Å². The number of aryl methyl sites for hydroxylation is 1. The highest BCUT2D eigenvalue weighted by atomic mass is 32.2. The lowest BCUT2D eigenvalue weighted by atomic mass is 9.74. The highest BCUT2D eigenvalue weighted by molar-refractivity contribution is 8.00. The van der Waals surface area contributed by atoms with Gasteiger partial charge in [-0.05, 0) is 109 Å². The fourth-order valence-electron chi connectivity index (χ4n) is 9.15. The van der Waals surface area contributed by atoms with Crippen molar-refractivity contribution in [1.29, 1.82) is 0 Å². The molecule has 14 heteroatoms. The van der Waals surface area contributed by atoms with E-state index in [0.29, 0.717) is 37.5 Å². The summed E-state index contributed by atoms with van der Waals surface area (Å²) in [4.78, 5) is 13.5. The standard InChI is InChI=1S/C39H42F5N5O3S/c1-2-26-29(40)7-4-22-14-25(50)15-27(31(22)26)32-30(53-39(42,43)44)16-28-34(33(32)41)46-36(47-35(28)48-17-23-5-6-24(18-48)45-23)52-20-37(10-11-37)19-49-12-13-51-21-38(49)8-3-9-38/h4,7,14-16,23-24,45,50H,2-3,5-6,8-13,17-21H2,1H3. The first kappa shape index (κ1) is 35.3. The lowest BCUT2D eigenvalue weighted by Crippen LogP contribution is -2.62. The van der Waals surface area contributed by atoms with E-state index >= 15 is 8.78 Å². The minimum absolute atomic E-state index is 0.0351. The number of aromatic nitrogens is 2. The Hall–Kier alpha value is -3.46. The first-order chi connectivity index (χ1) is 25.4. The molecular weight excluding hydrogens is 714 g/mol. The summed E-state index contributed by atoms with van der Waals surface area (Å²) in [7, 11) is 0. The third-order valence-electron chi connectivity index (χ3n) is 12.2. The van der Waals surface area contributed by atoms with Crippen LogP contribution < -0.4 is 15.0 Å². The van der Waals surface area contributed by atoms with Crippen molar-refractivity contribution in [2.45, 2.75) is 86.3 Å². The average Bonchev–Trinajstić information content (AvgIpc) is 3.79. The number of halogens is 5. The molecule has 3 aromatic carbocycles. The lowest BCUT2D eigenvalue weighted by molar-refractivity contribution is -0.115. The van der Waals surface area contributed by atoms with E-state index in [1.54, 1.807) is 6.92 Å². The molecule has 282 valence electrons. The molecule has 1 spiro atoms. The molecule has 2 atom stereocenters. The highest BCUT2D eigenvalue weighted by Crippen LogP contribution is 2.51. The van der Waals surface area contributed by atoms with Gasteiger partial charge in [0.25, 0.3) is 0 Å². The number of morpholine rings is 1. The topological polar surface area (TPSA) is 83.0 Å². The van der Waals surface area contributed by atoms with Gasteiger partial charge in [0.05, 0.1) is 19.8 Å². The van der Waals surface area contributed by atoms with Crippen molar-refractivity contribution in [2.24, 2.45) is 5.41 Å². The van der Waals surface area contributed by atoms with Gasteiger partial charge in [-0.3, -0.25) is 4.90 Å². The summed E-state index contributed by atoms with van der Waals surface area (Å²) in [6.07, 6.45) is 7.46. The largest absolute Gasteiger partial charge is 0.508 e.